The Bertz CT molecular complexity index is 596. The van der Waals surface area contributed by atoms with Gasteiger partial charge in [0.05, 0.1) is 0 Å². The molecule has 1 heterocycles. The van der Waals surface area contributed by atoms with E-state index in [9.17, 15) is 0 Å². The topological polar surface area (TPSA) is 39.2 Å². The molecule has 19 heavy (non-hydrogen) atoms. The van der Waals surface area contributed by atoms with E-state index in [4.69, 9.17) is 10.2 Å². The third-order valence-corrected chi connectivity index (χ3v) is 4.02. The molecule has 0 bridgehead atoms. The molecule has 0 aliphatic heterocycles. The molecule has 0 amide bonds. The van der Waals surface area contributed by atoms with Crippen LogP contribution in [0.2, 0.25) is 0 Å². The number of rotatable bonds is 3. The molecule has 1 aromatic carbocycles. The van der Waals surface area contributed by atoms with Crippen molar-refractivity contribution in [2.75, 3.05) is 0 Å². The second-order valence-corrected chi connectivity index (χ2v) is 5.48. The van der Waals surface area contributed by atoms with Crippen LogP contribution in [-0.2, 0) is 6.42 Å². The van der Waals surface area contributed by atoms with Gasteiger partial charge in [0.2, 0.25) is 0 Å². The van der Waals surface area contributed by atoms with Gasteiger partial charge in [0.15, 0.2) is 0 Å². The number of benzene rings is 1. The lowest BCUT2D eigenvalue weighted by molar-refractivity contribution is 0.496. The first-order valence-corrected chi connectivity index (χ1v) is 6.78. The van der Waals surface area contributed by atoms with E-state index in [0.29, 0.717) is 0 Å². The summed E-state index contributed by atoms with van der Waals surface area (Å²) in [4.78, 5) is 0. The standard InChI is InChI=1S/C17H23NO/c1-10-6-7-15(8-11(10)2)9-16(18)17-12(3)13(4)19-14(17)5/h6-8,16H,9,18H2,1-5H3. The Kier molecular flexibility index (Phi) is 3.81. The summed E-state index contributed by atoms with van der Waals surface area (Å²) in [6.07, 6.45) is 0.849. The molecular formula is C17H23NO. The van der Waals surface area contributed by atoms with Gasteiger partial charge in [-0.2, -0.15) is 0 Å². The predicted octanol–water partition coefficient (Wildman–Crippen LogP) is 4.06. The van der Waals surface area contributed by atoms with Crippen LogP contribution in [0.5, 0.6) is 0 Å². The molecule has 102 valence electrons. The smallest absolute Gasteiger partial charge is 0.106 e. The zero-order valence-electron chi connectivity index (χ0n) is 12.5. The minimum atomic E-state index is -0.000411. The highest BCUT2D eigenvalue weighted by Gasteiger charge is 2.18. The number of furan rings is 1. The van der Waals surface area contributed by atoms with Gasteiger partial charge >= 0.3 is 0 Å². The van der Waals surface area contributed by atoms with Crippen molar-refractivity contribution >= 4 is 0 Å². The Morgan fingerprint density at radius 1 is 1.00 bits per heavy atom. The quantitative estimate of drug-likeness (QED) is 0.900. The Morgan fingerprint density at radius 3 is 2.21 bits per heavy atom. The fourth-order valence-electron chi connectivity index (χ4n) is 2.64. The summed E-state index contributed by atoms with van der Waals surface area (Å²) >= 11 is 0. The van der Waals surface area contributed by atoms with Gasteiger partial charge in [0.25, 0.3) is 0 Å². The average molecular weight is 257 g/mol. The van der Waals surface area contributed by atoms with Crippen LogP contribution in [0.4, 0.5) is 0 Å². The van der Waals surface area contributed by atoms with Crippen molar-refractivity contribution < 1.29 is 4.42 Å². The van der Waals surface area contributed by atoms with Crippen LogP contribution < -0.4 is 5.73 Å². The Morgan fingerprint density at radius 2 is 1.68 bits per heavy atom. The first-order chi connectivity index (χ1) is 8.90. The van der Waals surface area contributed by atoms with Gasteiger partial charge in [-0.05, 0) is 63.3 Å². The summed E-state index contributed by atoms with van der Waals surface area (Å²) < 4.78 is 5.67. The molecule has 0 aliphatic rings. The van der Waals surface area contributed by atoms with Gasteiger partial charge in [-0.1, -0.05) is 18.2 Å². The van der Waals surface area contributed by atoms with Crippen LogP contribution in [0.1, 0.15) is 45.4 Å². The van der Waals surface area contributed by atoms with E-state index < -0.39 is 0 Å². The largest absolute Gasteiger partial charge is 0.466 e. The minimum Gasteiger partial charge on any atom is -0.466 e. The van der Waals surface area contributed by atoms with E-state index in [1.165, 1.54) is 22.3 Å². The second-order valence-electron chi connectivity index (χ2n) is 5.48. The molecule has 0 saturated carbocycles. The van der Waals surface area contributed by atoms with Crippen LogP contribution in [0, 0.1) is 34.6 Å². The molecule has 0 fully saturated rings. The molecule has 1 atom stereocenters. The molecule has 1 aromatic heterocycles. The number of hydrogen-bond donors (Lipinski definition) is 1. The Balaban J connectivity index is 2.25. The van der Waals surface area contributed by atoms with Gasteiger partial charge in [0.1, 0.15) is 11.5 Å². The lowest BCUT2D eigenvalue weighted by Crippen LogP contribution is -2.15. The molecule has 2 N–H and O–H groups in total. The van der Waals surface area contributed by atoms with Crippen LogP contribution in [0.3, 0.4) is 0 Å². The van der Waals surface area contributed by atoms with E-state index in [-0.39, 0.29) is 6.04 Å². The van der Waals surface area contributed by atoms with Crippen molar-refractivity contribution in [3.05, 3.63) is 57.5 Å². The van der Waals surface area contributed by atoms with Crippen LogP contribution in [0.25, 0.3) is 0 Å². The Hall–Kier alpha value is -1.54. The molecule has 0 radical (unpaired) electrons. The van der Waals surface area contributed by atoms with Gasteiger partial charge in [0, 0.05) is 11.6 Å². The maximum absolute atomic E-state index is 6.37. The van der Waals surface area contributed by atoms with Crippen molar-refractivity contribution in [2.45, 2.75) is 47.1 Å². The highest BCUT2D eigenvalue weighted by Crippen LogP contribution is 2.28. The van der Waals surface area contributed by atoms with Crippen LogP contribution in [-0.4, -0.2) is 0 Å². The molecular weight excluding hydrogens is 234 g/mol. The summed E-state index contributed by atoms with van der Waals surface area (Å²) in [7, 11) is 0. The van der Waals surface area contributed by atoms with E-state index in [1.807, 2.05) is 13.8 Å². The van der Waals surface area contributed by atoms with Gasteiger partial charge in [-0.25, -0.2) is 0 Å². The third kappa shape index (κ3) is 2.74. The highest BCUT2D eigenvalue weighted by molar-refractivity contribution is 5.36. The second kappa shape index (κ2) is 5.22. The molecule has 2 heteroatoms. The van der Waals surface area contributed by atoms with Crippen molar-refractivity contribution in [1.82, 2.24) is 0 Å². The van der Waals surface area contributed by atoms with E-state index >= 15 is 0 Å². The molecule has 1 unspecified atom stereocenters. The van der Waals surface area contributed by atoms with Crippen LogP contribution >= 0.6 is 0 Å². The third-order valence-electron chi connectivity index (χ3n) is 4.02. The lowest BCUT2D eigenvalue weighted by atomic mass is 9.95. The fraction of sp³-hybridized carbons (Fsp3) is 0.412. The van der Waals surface area contributed by atoms with Crippen molar-refractivity contribution in [3.63, 3.8) is 0 Å². The molecule has 2 nitrogen and oxygen atoms in total. The molecule has 0 saturated heterocycles. The van der Waals surface area contributed by atoms with Crippen molar-refractivity contribution in [1.29, 1.82) is 0 Å². The average Bonchev–Trinajstić information content (AvgIpc) is 2.58. The summed E-state index contributed by atoms with van der Waals surface area (Å²) in [6, 6.07) is 6.56. The molecule has 2 rings (SSSR count). The first-order valence-electron chi connectivity index (χ1n) is 6.78. The SMILES string of the molecule is Cc1ccc(CC(N)c2c(C)oc(C)c2C)cc1C. The maximum atomic E-state index is 6.37. The highest BCUT2D eigenvalue weighted by atomic mass is 16.3. The van der Waals surface area contributed by atoms with Gasteiger partial charge < -0.3 is 10.2 Å². The summed E-state index contributed by atoms with van der Waals surface area (Å²) in [5.74, 6) is 1.93. The first kappa shape index (κ1) is 13.9. The predicted molar refractivity (Wildman–Crippen MR) is 79.5 cm³/mol. The van der Waals surface area contributed by atoms with E-state index in [0.717, 1.165) is 23.5 Å². The Labute approximate surface area is 115 Å². The monoisotopic (exact) mass is 257 g/mol. The summed E-state index contributed by atoms with van der Waals surface area (Å²) in [6.45, 7) is 10.3. The number of aryl methyl sites for hydroxylation is 4. The summed E-state index contributed by atoms with van der Waals surface area (Å²) in [5.41, 5.74) is 12.7. The van der Waals surface area contributed by atoms with Crippen molar-refractivity contribution in [3.8, 4) is 0 Å². The van der Waals surface area contributed by atoms with Gasteiger partial charge in [-0.15, -0.1) is 0 Å². The molecule has 0 spiro atoms. The lowest BCUT2D eigenvalue weighted by Gasteiger charge is -2.13. The van der Waals surface area contributed by atoms with Gasteiger partial charge in [-0.3, -0.25) is 0 Å². The van der Waals surface area contributed by atoms with E-state index in [2.05, 4.69) is 39.0 Å². The van der Waals surface area contributed by atoms with Crippen molar-refractivity contribution in [2.24, 2.45) is 5.73 Å². The number of hydrogen-bond acceptors (Lipinski definition) is 2. The zero-order chi connectivity index (χ0) is 14.2. The normalized spacial score (nSPS) is 12.7. The minimum absolute atomic E-state index is 0.000411. The number of nitrogens with two attached hydrogens (primary N) is 1. The zero-order valence-corrected chi connectivity index (χ0v) is 12.5. The van der Waals surface area contributed by atoms with Crippen LogP contribution in [0.15, 0.2) is 22.6 Å². The fourth-order valence-corrected chi connectivity index (χ4v) is 2.64. The summed E-state index contributed by atoms with van der Waals surface area (Å²) in [5, 5.41) is 0. The molecule has 2 aromatic rings. The van der Waals surface area contributed by atoms with E-state index in [1.54, 1.807) is 0 Å². The maximum Gasteiger partial charge on any atom is 0.106 e. The molecule has 0 aliphatic carbocycles.